The first-order chi connectivity index (χ1) is 9.52. The van der Waals surface area contributed by atoms with Crippen molar-refractivity contribution in [2.75, 3.05) is 30.3 Å². The number of nitrogen functional groups attached to an aromatic ring is 1. The molecule has 0 saturated carbocycles. The van der Waals surface area contributed by atoms with E-state index in [0.717, 1.165) is 29.7 Å². The fourth-order valence-electron chi connectivity index (χ4n) is 2.49. The van der Waals surface area contributed by atoms with Gasteiger partial charge in [-0.05, 0) is 30.7 Å². The van der Waals surface area contributed by atoms with Gasteiger partial charge in [0.2, 0.25) is 0 Å². The van der Waals surface area contributed by atoms with E-state index in [4.69, 9.17) is 5.73 Å². The number of thiazole rings is 1. The van der Waals surface area contributed by atoms with Crippen molar-refractivity contribution in [2.24, 2.45) is 0 Å². The Hall–Kier alpha value is -1.18. The predicted octanol–water partition coefficient (Wildman–Crippen LogP) is 1.50. The van der Waals surface area contributed by atoms with Crippen LogP contribution in [0.3, 0.4) is 0 Å². The molecule has 2 N–H and O–H groups in total. The van der Waals surface area contributed by atoms with Crippen LogP contribution < -0.4 is 5.73 Å². The molecule has 1 aliphatic rings. The van der Waals surface area contributed by atoms with Crippen molar-refractivity contribution in [3.8, 4) is 0 Å². The molecular weight excluding hydrogens is 294 g/mol. The lowest BCUT2D eigenvalue weighted by atomic mass is 10.2. The van der Waals surface area contributed by atoms with E-state index < -0.39 is 9.84 Å². The molecule has 1 aliphatic heterocycles. The van der Waals surface area contributed by atoms with Crippen LogP contribution in [0.4, 0.5) is 5.13 Å². The Morgan fingerprint density at radius 1 is 1.30 bits per heavy atom. The van der Waals surface area contributed by atoms with Crippen molar-refractivity contribution in [1.82, 2.24) is 9.88 Å². The van der Waals surface area contributed by atoms with Gasteiger partial charge in [-0.25, -0.2) is 13.4 Å². The molecule has 1 fully saturated rings. The Balaban J connectivity index is 1.75. The summed E-state index contributed by atoms with van der Waals surface area (Å²) in [6.07, 6.45) is 0.720. The number of hydrogen-bond acceptors (Lipinski definition) is 6. The lowest BCUT2D eigenvalue weighted by Gasteiger charge is -2.19. The highest BCUT2D eigenvalue weighted by molar-refractivity contribution is 7.91. The summed E-state index contributed by atoms with van der Waals surface area (Å²) in [5.41, 5.74) is 7.81. The van der Waals surface area contributed by atoms with Gasteiger partial charge in [-0.1, -0.05) is 17.4 Å². The van der Waals surface area contributed by atoms with E-state index in [1.165, 1.54) is 16.9 Å². The maximum Gasteiger partial charge on any atom is 0.181 e. The van der Waals surface area contributed by atoms with Crippen LogP contribution in [0.5, 0.6) is 0 Å². The lowest BCUT2D eigenvalue weighted by molar-refractivity contribution is 0.287. The zero-order chi connectivity index (χ0) is 14.2. The molecule has 0 aliphatic carbocycles. The van der Waals surface area contributed by atoms with Crippen LogP contribution in [0.1, 0.15) is 12.0 Å². The average Bonchev–Trinajstić information content (AvgIpc) is 2.66. The fourth-order valence-corrected chi connectivity index (χ4v) is 4.60. The Kier molecular flexibility index (Phi) is 3.66. The van der Waals surface area contributed by atoms with Crippen LogP contribution in [0.2, 0.25) is 0 Å². The van der Waals surface area contributed by atoms with E-state index in [1.807, 2.05) is 12.1 Å². The molecule has 0 bridgehead atoms. The zero-order valence-corrected chi connectivity index (χ0v) is 12.7. The largest absolute Gasteiger partial charge is 0.375 e. The second-order valence-corrected chi connectivity index (χ2v) is 8.50. The SMILES string of the molecule is Nc1nc2ccc(CN3CCCS(=O)(=O)CC3)cc2s1. The maximum absolute atomic E-state index is 11.6. The highest BCUT2D eigenvalue weighted by Crippen LogP contribution is 2.25. The van der Waals surface area contributed by atoms with Crippen molar-refractivity contribution < 1.29 is 8.42 Å². The summed E-state index contributed by atoms with van der Waals surface area (Å²) in [6.45, 7) is 2.23. The molecule has 1 saturated heterocycles. The minimum atomic E-state index is -2.84. The number of aromatic nitrogens is 1. The van der Waals surface area contributed by atoms with Gasteiger partial charge in [0, 0.05) is 13.1 Å². The van der Waals surface area contributed by atoms with Gasteiger partial charge in [0.1, 0.15) is 0 Å². The van der Waals surface area contributed by atoms with Crippen molar-refractivity contribution in [3.63, 3.8) is 0 Å². The van der Waals surface area contributed by atoms with Crippen LogP contribution in [0.15, 0.2) is 18.2 Å². The summed E-state index contributed by atoms with van der Waals surface area (Å²) < 4.78 is 24.3. The Bertz CT molecular complexity index is 724. The molecule has 1 aromatic carbocycles. The molecule has 0 unspecified atom stereocenters. The normalized spacial score (nSPS) is 20.0. The summed E-state index contributed by atoms with van der Waals surface area (Å²) in [6, 6.07) is 6.12. The molecule has 20 heavy (non-hydrogen) atoms. The van der Waals surface area contributed by atoms with E-state index in [0.29, 0.717) is 17.4 Å². The van der Waals surface area contributed by atoms with E-state index >= 15 is 0 Å². The minimum absolute atomic E-state index is 0.267. The smallest absolute Gasteiger partial charge is 0.181 e. The standard InChI is InChI=1S/C13H17N3O2S2/c14-13-15-11-3-2-10(8-12(11)19-13)9-16-4-1-6-20(17,18)7-5-16/h2-3,8H,1,4-7,9H2,(H2,14,15). The number of hydrogen-bond donors (Lipinski definition) is 1. The Labute approximate surface area is 122 Å². The first-order valence-electron chi connectivity index (χ1n) is 6.60. The third-order valence-electron chi connectivity index (χ3n) is 3.52. The monoisotopic (exact) mass is 311 g/mol. The van der Waals surface area contributed by atoms with E-state index in [1.54, 1.807) is 0 Å². The number of fused-ring (bicyclic) bond motifs is 1. The van der Waals surface area contributed by atoms with E-state index in [2.05, 4.69) is 16.0 Å². The zero-order valence-electron chi connectivity index (χ0n) is 11.1. The predicted molar refractivity (Wildman–Crippen MR) is 82.6 cm³/mol. The summed E-state index contributed by atoms with van der Waals surface area (Å²) in [5.74, 6) is 0.580. The summed E-state index contributed by atoms with van der Waals surface area (Å²) >= 11 is 1.48. The van der Waals surface area contributed by atoms with Crippen molar-refractivity contribution in [2.45, 2.75) is 13.0 Å². The van der Waals surface area contributed by atoms with Crippen LogP contribution in [-0.4, -0.2) is 42.9 Å². The first kappa shape index (κ1) is 13.8. The van der Waals surface area contributed by atoms with Crippen LogP contribution in [-0.2, 0) is 16.4 Å². The second-order valence-electron chi connectivity index (χ2n) is 5.14. The van der Waals surface area contributed by atoms with Crippen LogP contribution >= 0.6 is 11.3 Å². The highest BCUT2D eigenvalue weighted by Gasteiger charge is 2.19. The molecule has 5 nitrogen and oxygen atoms in total. The molecular formula is C13H17N3O2S2. The van der Waals surface area contributed by atoms with Crippen molar-refractivity contribution in [3.05, 3.63) is 23.8 Å². The third kappa shape index (κ3) is 3.11. The number of nitrogens with zero attached hydrogens (tertiary/aromatic N) is 2. The van der Waals surface area contributed by atoms with Gasteiger partial charge in [-0.2, -0.15) is 0 Å². The number of anilines is 1. The minimum Gasteiger partial charge on any atom is -0.375 e. The van der Waals surface area contributed by atoms with Gasteiger partial charge in [0.15, 0.2) is 15.0 Å². The van der Waals surface area contributed by atoms with Gasteiger partial charge < -0.3 is 5.73 Å². The average molecular weight is 311 g/mol. The number of sulfone groups is 1. The van der Waals surface area contributed by atoms with Crippen LogP contribution in [0.25, 0.3) is 10.2 Å². The number of nitrogens with two attached hydrogens (primary N) is 1. The molecule has 2 heterocycles. The molecule has 0 amide bonds. The molecule has 108 valence electrons. The second kappa shape index (κ2) is 5.31. The molecule has 2 aromatic rings. The number of benzene rings is 1. The Morgan fingerprint density at radius 3 is 3.00 bits per heavy atom. The fraction of sp³-hybridized carbons (Fsp3) is 0.462. The van der Waals surface area contributed by atoms with Gasteiger partial charge in [-0.3, -0.25) is 4.90 Å². The summed E-state index contributed by atoms with van der Waals surface area (Å²) in [7, 11) is -2.84. The van der Waals surface area contributed by atoms with E-state index in [9.17, 15) is 8.42 Å². The molecule has 7 heteroatoms. The molecule has 0 spiro atoms. The van der Waals surface area contributed by atoms with E-state index in [-0.39, 0.29) is 5.75 Å². The molecule has 0 atom stereocenters. The Morgan fingerprint density at radius 2 is 2.15 bits per heavy atom. The third-order valence-corrected chi connectivity index (χ3v) is 6.09. The first-order valence-corrected chi connectivity index (χ1v) is 9.23. The van der Waals surface area contributed by atoms with Crippen LogP contribution in [0, 0.1) is 0 Å². The quantitative estimate of drug-likeness (QED) is 0.909. The molecule has 0 radical (unpaired) electrons. The van der Waals surface area contributed by atoms with Gasteiger partial charge >= 0.3 is 0 Å². The molecule has 3 rings (SSSR count). The highest BCUT2D eigenvalue weighted by atomic mass is 32.2. The molecule has 1 aromatic heterocycles. The summed E-state index contributed by atoms with van der Waals surface area (Å²) in [4.78, 5) is 6.44. The van der Waals surface area contributed by atoms with Crippen molar-refractivity contribution >= 4 is 36.5 Å². The van der Waals surface area contributed by atoms with Gasteiger partial charge in [0.05, 0.1) is 21.7 Å². The van der Waals surface area contributed by atoms with Crippen molar-refractivity contribution in [1.29, 1.82) is 0 Å². The van der Waals surface area contributed by atoms with Gasteiger partial charge in [-0.15, -0.1) is 0 Å². The lowest BCUT2D eigenvalue weighted by Crippen LogP contribution is -2.26. The maximum atomic E-state index is 11.6. The summed E-state index contributed by atoms with van der Waals surface area (Å²) in [5, 5.41) is 0.581. The number of rotatable bonds is 2. The van der Waals surface area contributed by atoms with Gasteiger partial charge in [0.25, 0.3) is 0 Å². The topological polar surface area (TPSA) is 76.3 Å².